The number of nitrogens with zero attached hydrogens (tertiary/aromatic N) is 2. The van der Waals surface area contributed by atoms with E-state index in [9.17, 15) is 18.0 Å². The van der Waals surface area contributed by atoms with Crippen LogP contribution in [0.1, 0.15) is 51.2 Å². The molecule has 37 heavy (non-hydrogen) atoms. The summed E-state index contributed by atoms with van der Waals surface area (Å²) in [6.45, 7) is 4.12. The molecule has 0 saturated carbocycles. The SMILES string of the molecule is CC[C@H]1O[C@@H](c2cnc(NC(C)=O)[nH]c2=O)CC1O[P@@]1O[C@H](CS(=O)(=O)c2ccccc2)[C@@H]2CCCN21. The minimum Gasteiger partial charge on any atom is -0.367 e. The molecule has 11 nitrogen and oxygen atoms in total. The van der Waals surface area contributed by atoms with E-state index in [0.29, 0.717) is 23.3 Å². The Morgan fingerprint density at radius 2 is 2.08 bits per heavy atom. The maximum absolute atomic E-state index is 13.0. The zero-order valence-electron chi connectivity index (χ0n) is 20.7. The van der Waals surface area contributed by atoms with Gasteiger partial charge in [-0.25, -0.2) is 18.1 Å². The minimum absolute atomic E-state index is 0.00356. The molecule has 1 aromatic carbocycles. The third kappa shape index (κ3) is 5.64. The zero-order valence-corrected chi connectivity index (χ0v) is 22.4. The predicted molar refractivity (Wildman–Crippen MR) is 137 cm³/mol. The third-order valence-electron chi connectivity index (χ3n) is 6.92. The molecule has 0 aliphatic carbocycles. The van der Waals surface area contributed by atoms with Crippen molar-refractivity contribution >= 4 is 30.2 Å². The van der Waals surface area contributed by atoms with E-state index in [0.717, 1.165) is 19.4 Å². The number of nitrogens with one attached hydrogen (secondary N) is 2. The van der Waals surface area contributed by atoms with Crippen LogP contribution in [0.5, 0.6) is 0 Å². The van der Waals surface area contributed by atoms with Gasteiger partial charge < -0.3 is 13.8 Å². The first-order valence-electron chi connectivity index (χ1n) is 12.5. The summed E-state index contributed by atoms with van der Waals surface area (Å²) in [4.78, 5) is 30.9. The zero-order chi connectivity index (χ0) is 26.2. The molecule has 200 valence electrons. The first kappa shape index (κ1) is 26.4. The van der Waals surface area contributed by atoms with Gasteiger partial charge in [0.05, 0.1) is 40.6 Å². The molecule has 1 unspecified atom stereocenters. The Balaban J connectivity index is 1.28. The van der Waals surface area contributed by atoms with Gasteiger partial charge in [0.25, 0.3) is 14.1 Å². The molecule has 0 spiro atoms. The highest BCUT2D eigenvalue weighted by Gasteiger charge is 2.50. The van der Waals surface area contributed by atoms with E-state index < -0.39 is 30.6 Å². The van der Waals surface area contributed by atoms with Crippen LogP contribution in [-0.2, 0) is 28.4 Å². The summed E-state index contributed by atoms with van der Waals surface area (Å²) >= 11 is 0. The molecule has 3 saturated heterocycles. The van der Waals surface area contributed by atoms with E-state index in [1.807, 2.05) is 6.92 Å². The van der Waals surface area contributed by atoms with Gasteiger partial charge in [0, 0.05) is 32.1 Å². The molecule has 1 aromatic heterocycles. The Morgan fingerprint density at radius 1 is 1.30 bits per heavy atom. The molecule has 4 heterocycles. The molecule has 2 N–H and O–H groups in total. The lowest BCUT2D eigenvalue weighted by atomic mass is 10.1. The van der Waals surface area contributed by atoms with Crippen LogP contribution in [0.3, 0.4) is 0 Å². The van der Waals surface area contributed by atoms with Crippen molar-refractivity contribution in [2.24, 2.45) is 0 Å². The molecule has 0 radical (unpaired) electrons. The highest BCUT2D eigenvalue weighted by Crippen LogP contribution is 2.58. The molecule has 6 atom stereocenters. The number of H-pyrrole nitrogens is 1. The molecule has 3 aliphatic heterocycles. The summed E-state index contributed by atoms with van der Waals surface area (Å²) < 4.78 is 47.1. The van der Waals surface area contributed by atoms with Crippen molar-refractivity contribution in [2.45, 2.75) is 74.9 Å². The van der Waals surface area contributed by atoms with Crippen molar-refractivity contribution < 1.29 is 27.0 Å². The lowest BCUT2D eigenvalue weighted by Crippen LogP contribution is -2.33. The quantitative estimate of drug-likeness (QED) is 0.475. The maximum Gasteiger partial charge on any atom is 0.259 e. The number of fused-ring (bicyclic) bond motifs is 1. The van der Waals surface area contributed by atoms with E-state index >= 15 is 0 Å². The van der Waals surface area contributed by atoms with Gasteiger partial charge >= 0.3 is 0 Å². The van der Waals surface area contributed by atoms with E-state index in [2.05, 4.69) is 20.0 Å². The van der Waals surface area contributed by atoms with Crippen molar-refractivity contribution in [2.75, 3.05) is 17.6 Å². The van der Waals surface area contributed by atoms with Crippen molar-refractivity contribution in [3.63, 3.8) is 0 Å². The molecular weight excluding hydrogens is 519 g/mol. The number of rotatable bonds is 8. The number of hydrogen-bond donors (Lipinski definition) is 2. The highest BCUT2D eigenvalue weighted by molar-refractivity contribution is 7.91. The standard InChI is InChI=1S/C24H31N4O7PS/c1-3-19-21(12-20(33-19)17-13-25-24(26-15(2)29)27-23(17)30)34-36-28-11-7-10-18(28)22(35-36)14-37(31,32)16-8-5-4-6-9-16/h4-6,8-9,13,18-22H,3,7,10-12,14H2,1-2H3,(H2,25,26,27,29,30)/t18-,19+,20+,21?,22+,36-/m0/s1. The van der Waals surface area contributed by atoms with Gasteiger partial charge in [-0.05, 0) is 31.4 Å². The van der Waals surface area contributed by atoms with Crippen LogP contribution in [0.2, 0.25) is 0 Å². The maximum atomic E-state index is 13.0. The molecule has 13 heteroatoms. The monoisotopic (exact) mass is 550 g/mol. The number of aromatic amines is 1. The summed E-state index contributed by atoms with van der Waals surface area (Å²) in [5, 5.41) is 2.46. The third-order valence-corrected chi connectivity index (χ3v) is 10.5. The number of amides is 1. The van der Waals surface area contributed by atoms with Crippen molar-refractivity contribution in [3.05, 3.63) is 52.4 Å². The summed E-state index contributed by atoms with van der Waals surface area (Å²) in [5.41, 5.74) is -0.0162. The molecule has 3 fully saturated rings. The fourth-order valence-corrected chi connectivity index (χ4v) is 8.73. The lowest BCUT2D eigenvalue weighted by molar-refractivity contribution is -0.114. The normalized spacial score (nSPS) is 29.9. The fraction of sp³-hybridized carbons (Fsp3) is 0.542. The smallest absolute Gasteiger partial charge is 0.259 e. The van der Waals surface area contributed by atoms with Gasteiger partial charge in [-0.15, -0.1) is 0 Å². The molecule has 0 bridgehead atoms. The molecule has 1 amide bonds. The van der Waals surface area contributed by atoms with Gasteiger partial charge in [0.2, 0.25) is 11.9 Å². The van der Waals surface area contributed by atoms with Gasteiger partial charge in [0.1, 0.15) is 0 Å². The Morgan fingerprint density at radius 3 is 2.78 bits per heavy atom. The number of anilines is 1. The van der Waals surface area contributed by atoms with Gasteiger partial charge in [-0.2, -0.15) is 0 Å². The second-order valence-corrected chi connectivity index (χ2v) is 12.9. The second-order valence-electron chi connectivity index (χ2n) is 9.50. The van der Waals surface area contributed by atoms with Crippen LogP contribution in [-0.4, -0.2) is 65.6 Å². The fourth-order valence-electron chi connectivity index (χ4n) is 5.14. The van der Waals surface area contributed by atoms with E-state index in [4.69, 9.17) is 13.8 Å². The summed E-state index contributed by atoms with van der Waals surface area (Å²) in [6.07, 6.45) is 2.80. The van der Waals surface area contributed by atoms with Crippen LogP contribution in [0.15, 0.2) is 46.2 Å². The van der Waals surface area contributed by atoms with Gasteiger partial charge in [0.15, 0.2) is 9.84 Å². The van der Waals surface area contributed by atoms with Crippen molar-refractivity contribution in [3.8, 4) is 0 Å². The Labute approximate surface area is 216 Å². The summed E-state index contributed by atoms with van der Waals surface area (Å²) in [7, 11) is -4.96. The average molecular weight is 551 g/mol. The van der Waals surface area contributed by atoms with Gasteiger partial charge in [-0.3, -0.25) is 19.9 Å². The van der Waals surface area contributed by atoms with Crippen LogP contribution < -0.4 is 10.9 Å². The number of carbonyl (C=O) groups excluding carboxylic acids is 1. The van der Waals surface area contributed by atoms with Crippen LogP contribution in [0, 0.1) is 0 Å². The second kappa shape index (κ2) is 10.9. The molecule has 5 rings (SSSR count). The molecular formula is C24H31N4O7PS. The highest BCUT2D eigenvalue weighted by atomic mass is 32.2. The minimum atomic E-state index is -3.50. The van der Waals surface area contributed by atoms with E-state index in [-0.39, 0.29) is 41.4 Å². The number of ether oxygens (including phenoxy) is 1. The topological polar surface area (TPSA) is 140 Å². The number of carbonyl (C=O) groups is 1. The van der Waals surface area contributed by atoms with E-state index in [1.165, 1.54) is 13.1 Å². The predicted octanol–water partition coefficient (Wildman–Crippen LogP) is 2.92. The Hall–Kier alpha value is -2.21. The van der Waals surface area contributed by atoms with E-state index in [1.54, 1.807) is 30.3 Å². The summed E-state index contributed by atoms with van der Waals surface area (Å²) in [6, 6.07) is 8.44. The lowest BCUT2D eigenvalue weighted by Gasteiger charge is -2.25. The van der Waals surface area contributed by atoms with Gasteiger partial charge in [-0.1, -0.05) is 25.1 Å². The largest absolute Gasteiger partial charge is 0.367 e. The number of aromatic nitrogens is 2. The Kier molecular flexibility index (Phi) is 7.76. The Bertz CT molecular complexity index is 1290. The van der Waals surface area contributed by atoms with Crippen molar-refractivity contribution in [1.29, 1.82) is 0 Å². The first-order valence-corrected chi connectivity index (χ1v) is 15.2. The molecule has 2 aromatic rings. The number of hydrogen-bond acceptors (Lipinski definition) is 9. The van der Waals surface area contributed by atoms with Crippen LogP contribution in [0.4, 0.5) is 5.95 Å². The van der Waals surface area contributed by atoms with Crippen LogP contribution in [0.25, 0.3) is 0 Å². The summed E-state index contributed by atoms with van der Waals surface area (Å²) in [5.74, 6) is -0.344. The first-order chi connectivity index (χ1) is 17.7. The number of sulfone groups is 1. The van der Waals surface area contributed by atoms with Crippen LogP contribution >= 0.6 is 8.53 Å². The average Bonchev–Trinajstić information content (AvgIpc) is 3.57. The number of benzene rings is 1. The molecule has 3 aliphatic rings. The van der Waals surface area contributed by atoms with Crippen molar-refractivity contribution in [1.82, 2.24) is 14.6 Å².